The van der Waals surface area contributed by atoms with Gasteiger partial charge in [0.15, 0.2) is 0 Å². The van der Waals surface area contributed by atoms with E-state index < -0.39 is 0 Å². The molecule has 0 bridgehead atoms. The molecule has 0 aliphatic heterocycles. The molecular weight excluding hydrogens is 274 g/mol. The van der Waals surface area contributed by atoms with Crippen LogP contribution >= 0.6 is 22.9 Å². The lowest BCUT2D eigenvalue weighted by Gasteiger charge is -2.20. The molecule has 1 aromatic heterocycles. The Morgan fingerprint density at radius 2 is 2.05 bits per heavy atom. The Balaban J connectivity index is 1.69. The van der Waals surface area contributed by atoms with Crippen molar-refractivity contribution in [3.63, 3.8) is 0 Å². The van der Waals surface area contributed by atoms with Gasteiger partial charge in [0.25, 0.3) is 0 Å². The summed E-state index contributed by atoms with van der Waals surface area (Å²) < 4.78 is 1.29. The van der Waals surface area contributed by atoms with Gasteiger partial charge in [-0.25, -0.2) is 0 Å². The zero-order valence-electron chi connectivity index (χ0n) is 11.3. The number of thiophene rings is 1. The van der Waals surface area contributed by atoms with Gasteiger partial charge in [-0.05, 0) is 31.7 Å². The minimum atomic E-state index is 0.601. The summed E-state index contributed by atoms with van der Waals surface area (Å²) >= 11 is 8.28. The van der Waals surface area contributed by atoms with Crippen LogP contribution in [0, 0.1) is 5.92 Å². The standard InChI is InChI=1S/C16H20ClNS/c1-11(12-6-2-3-7-12)18-10-15-16(17)13-8-4-5-9-14(13)19-15/h4-5,8-9,11-12,18H,2-3,6-7,10H2,1H3/t11-/m0/s1. The fourth-order valence-electron chi connectivity index (χ4n) is 3.06. The SMILES string of the molecule is C[C@H](NCc1sc2ccccc2c1Cl)C1CCCC1. The average molecular weight is 294 g/mol. The van der Waals surface area contributed by atoms with E-state index in [9.17, 15) is 0 Å². The van der Waals surface area contributed by atoms with E-state index in [1.165, 1.54) is 40.6 Å². The quantitative estimate of drug-likeness (QED) is 0.814. The second-order valence-corrected chi connectivity index (χ2v) is 7.06. The Morgan fingerprint density at radius 3 is 2.79 bits per heavy atom. The maximum atomic E-state index is 6.47. The molecule has 1 N–H and O–H groups in total. The van der Waals surface area contributed by atoms with Crippen LogP contribution in [0.4, 0.5) is 0 Å². The molecule has 0 amide bonds. The van der Waals surface area contributed by atoms with Crippen LogP contribution in [0.25, 0.3) is 10.1 Å². The lowest BCUT2D eigenvalue weighted by molar-refractivity contribution is 0.381. The van der Waals surface area contributed by atoms with Crippen molar-refractivity contribution in [3.05, 3.63) is 34.2 Å². The number of hydrogen-bond acceptors (Lipinski definition) is 2. The van der Waals surface area contributed by atoms with Gasteiger partial charge >= 0.3 is 0 Å². The van der Waals surface area contributed by atoms with Gasteiger partial charge in [-0.1, -0.05) is 42.6 Å². The smallest absolute Gasteiger partial charge is 0.0636 e. The van der Waals surface area contributed by atoms with Crippen molar-refractivity contribution in [2.45, 2.75) is 45.2 Å². The van der Waals surface area contributed by atoms with Crippen LogP contribution in [0.3, 0.4) is 0 Å². The van der Waals surface area contributed by atoms with E-state index in [4.69, 9.17) is 11.6 Å². The van der Waals surface area contributed by atoms with Gasteiger partial charge in [0.2, 0.25) is 0 Å². The molecule has 19 heavy (non-hydrogen) atoms. The largest absolute Gasteiger partial charge is 0.309 e. The van der Waals surface area contributed by atoms with Gasteiger partial charge in [0.1, 0.15) is 0 Å². The first-order valence-corrected chi connectivity index (χ1v) is 8.34. The number of nitrogens with one attached hydrogen (secondary N) is 1. The summed E-state index contributed by atoms with van der Waals surface area (Å²) in [5.41, 5.74) is 0. The predicted octanol–water partition coefficient (Wildman–Crippen LogP) is 5.22. The van der Waals surface area contributed by atoms with E-state index in [-0.39, 0.29) is 0 Å². The number of halogens is 1. The molecule has 3 rings (SSSR count). The van der Waals surface area contributed by atoms with Crippen molar-refractivity contribution in [1.82, 2.24) is 5.32 Å². The third kappa shape index (κ3) is 2.81. The van der Waals surface area contributed by atoms with Crippen LogP contribution in [0.15, 0.2) is 24.3 Å². The number of hydrogen-bond donors (Lipinski definition) is 1. The maximum absolute atomic E-state index is 6.47. The summed E-state index contributed by atoms with van der Waals surface area (Å²) in [5, 5.41) is 5.80. The van der Waals surface area contributed by atoms with Crippen molar-refractivity contribution < 1.29 is 0 Å². The van der Waals surface area contributed by atoms with E-state index in [1.807, 2.05) is 11.3 Å². The molecule has 0 radical (unpaired) electrons. The van der Waals surface area contributed by atoms with E-state index >= 15 is 0 Å². The molecule has 1 aromatic carbocycles. The van der Waals surface area contributed by atoms with Gasteiger partial charge in [-0.2, -0.15) is 0 Å². The summed E-state index contributed by atoms with van der Waals surface area (Å²) in [4.78, 5) is 1.27. The minimum Gasteiger partial charge on any atom is -0.309 e. The Hall–Kier alpha value is -0.570. The van der Waals surface area contributed by atoms with Crippen LogP contribution in [0.1, 0.15) is 37.5 Å². The summed E-state index contributed by atoms with van der Waals surface area (Å²) in [6.45, 7) is 3.22. The highest BCUT2D eigenvalue weighted by Gasteiger charge is 2.21. The third-order valence-corrected chi connectivity index (χ3v) is 6.01. The molecule has 1 nitrogen and oxygen atoms in total. The normalized spacial score (nSPS) is 18.2. The molecule has 0 spiro atoms. The van der Waals surface area contributed by atoms with Crippen molar-refractivity contribution in [2.75, 3.05) is 0 Å². The molecule has 0 saturated heterocycles. The molecule has 2 aromatic rings. The Morgan fingerprint density at radius 1 is 1.32 bits per heavy atom. The van der Waals surface area contributed by atoms with Crippen LogP contribution in [0.5, 0.6) is 0 Å². The summed E-state index contributed by atoms with van der Waals surface area (Å²) in [5.74, 6) is 0.855. The fourth-order valence-corrected chi connectivity index (χ4v) is 4.51. The van der Waals surface area contributed by atoms with Gasteiger partial charge < -0.3 is 5.32 Å². The van der Waals surface area contributed by atoms with Gasteiger partial charge in [-0.15, -0.1) is 11.3 Å². The van der Waals surface area contributed by atoms with Crippen LogP contribution in [-0.2, 0) is 6.54 Å². The highest BCUT2D eigenvalue weighted by atomic mass is 35.5. The Kier molecular flexibility index (Phi) is 4.11. The molecule has 102 valence electrons. The molecule has 1 fully saturated rings. The second kappa shape index (κ2) is 5.82. The first-order chi connectivity index (χ1) is 9.25. The number of rotatable bonds is 4. The lowest BCUT2D eigenvalue weighted by atomic mass is 10.00. The lowest BCUT2D eigenvalue weighted by Crippen LogP contribution is -2.31. The molecule has 0 unspecified atom stereocenters. The average Bonchev–Trinajstić information content (AvgIpc) is 3.05. The predicted molar refractivity (Wildman–Crippen MR) is 85.1 cm³/mol. The van der Waals surface area contributed by atoms with Crippen molar-refractivity contribution in [3.8, 4) is 0 Å². The number of fused-ring (bicyclic) bond motifs is 1. The van der Waals surface area contributed by atoms with E-state index in [1.54, 1.807) is 0 Å². The van der Waals surface area contributed by atoms with Gasteiger partial charge in [-0.3, -0.25) is 0 Å². The fraction of sp³-hybridized carbons (Fsp3) is 0.500. The zero-order chi connectivity index (χ0) is 13.2. The third-order valence-electron chi connectivity index (χ3n) is 4.29. The Bertz CT molecular complexity index is 557. The first kappa shape index (κ1) is 13.4. The topological polar surface area (TPSA) is 12.0 Å². The van der Waals surface area contributed by atoms with E-state index in [0.29, 0.717) is 6.04 Å². The highest BCUT2D eigenvalue weighted by molar-refractivity contribution is 7.19. The molecule has 1 aliphatic rings. The van der Waals surface area contributed by atoms with Gasteiger partial charge in [0, 0.05) is 27.5 Å². The molecule has 1 aliphatic carbocycles. The monoisotopic (exact) mass is 293 g/mol. The molecular formula is C16H20ClNS. The molecule has 1 atom stereocenters. The molecule has 3 heteroatoms. The number of benzene rings is 1. The van der Waals surface area contributed by atoms with Crippen molar-refractivity contribution >= 4 is 33.0 Å². The van der Waals surface area contributed by atoms with Crippen LogP contribution < -0.4 is 5.32 Å². The minimum absolute atomic E-state index is 0.601. The van der Waals surface area contributed by atoms with Crippen molar-refractivity contribution in [1.29, 1.82) is 0 Å². The first-order valence-electron chi connectivity index (χ1n) is 7.15. The summed E-state index contributed by atoms with van der Waals surface area (Å²) in [7, 11) is 0. The molecule has 1 saturated carbocycles. The van der Waals surface area contributed by atoms with Crippen LogP contribution in [-0.4, -0.2) is 6.04 Å². The summed E-state index contributed by atoms with van der Waals surface area (Å²) in [6.07, 6.45) is 5.57. The van der Waals surface area contributed by atoms with E-state index in [2.05, 4.69) is 36.5 Å². The van der Waals surface area contributed by atoms with E-state index in [0.717, 1.165) is 17.5 Å². The maximum Gasteiger partial charge on any atom is 0.0636 e. The van der Waals surface area contributed by atoms with Crippen LogP contribution in [0.2, 0.25) is 5.02 Å². The second-order valence-electron chi connectivity index (χ2n) is 5.55. The van der Waals surface area contributed by atoms with Gasteiger partial charge in [0.05, 0.1) is 5.02 Å². The Labute approximate surface area is 124 Å². The molecule has 1 heterocycles. The summed E-state index contributed by atoms with van der Waals surface area (Å²) in [6, 6.07) is 8.99. The van der Waals surface area contributed by atoms with Crippen molar-refractivity contribution in [2.24, 2.45) is 5.92 Å². The zero-order valence-corrected chi connectivity index (χ0v) is 12.9. The highest BCUT2D eigenvalue weighted by Crippen LogP contribution is 2.35.